The molecule has 1 amide bonds. The fourth-order valence-corrected chi connectivity index (χ4v) is 2.02. The lowest BCUT2D eigenvalue weighted by Gasteiger charge is -2.31. The van der Waals surface area contributed by atoms with E-state index in [0.717, 1.165) is 0 Å². The second-order valence-electron chi connectivity index (χ2n) is 5.88. The maximum Gasteiger partial charge on any atom is 0.269 e. The van der Waals surface area contributed by atoms with Gasteiger partial charge >= 0.3 is 0 Å². The van der Waals surface area contributed by atoms with Crippen molar-refractivity contribution in [2.45, 2.75) is 27.2 Å². The summed E-state index contributed by atoms with van der Waals surface area (Å²) in [5.74, 6) is -0.0421. The van der Waals surface area contributed by atoms with Crippen LogP contribution in [0.25, 0.3) is 0 Å². The molecule has 21 heavy (non-hydrogen) atoms. The number of nitro benzene ring substituents is 1. The SMILES string of the molecule is CCN(CC(C)(C)CN)C(=O)Cc1cccc([N+](=O)[O-])c1. The van der Waals surface area contributed by atoms with Gasteiger partial charge < -0.3 is 10.6 Å². The number of likely N-dealkylation sites (N-methyl/N-ethyl adjacent to an activating group) is 1. The van der Waals surface area contributed by atoms with E-state index in [1.807, 2.05) is 20.8 Å². The maximum atomic E-state index is 12.3. The van der Waals surface area contributed by atoms with Crippen LogP contribution in [0.5, 0.6) is 0 Å². The van der Waals surface area contributed by atoms with E-state index in [1.54, 1.807) is 17.0 Å². The van der Waals surface area contributed by atoms with Crippen molar-refractivity contribution in [1.82, 2.24) is 4.90 Å². The van der Waals surface area contributed by atoms with Crippen LogP contribution < -0.4 is 5.73 Å². The average molecular weight is 293 g/mol. The average Bonchev–Trinajstić information content (AvgIpc) is 2.45. The molecule has 0 heterocycles. The van der Waals surface area contributed by atoms with Gasteiger partial charge in [0.05, 0.1) is 11.3 Å². The molecule has 0 spiro atoms. The molecule has 0 bridgehead atoms. The summed E-state index contributed by atoms with van der Waals surface area (Å²) in [5, 5.41) is 10.8. The van der Waals surface area contributed by atoms with Crippen molar-refractivity contribution in [3.63, 3.8) is 0 Å². The first-order chi connectivity index (χ1) is 9.79. The predicted molar refractivity (Wildman–Crippen MR) is 81.9 cm³/mol. The molecule has 6 nitrogen and oxygen atoms in total. The van der Waals surface area contributed by atoms with Crippen LogP contribution in [0.3, 0.4) is 0 Å². The van der Waals surface area contributed by atoms with Crippen LogP contribution in [-0.2, 0) is 11.2 Å². The zero-order valence-corrected chi connectivity index (χ0v) is 12.8. The van der Waals surface area contributed by atoms with E-state index in [-0.39, 0.29) is 23.4 Å². The summed E-state index contributed by atoms with van der Waals surface area (Å²) >= 11 is 0. The highest BCUT2D eigenvalue weighted by Crippen LogP contribution is 2.17. The standard InChI is InChI=1S/C15H23N3O3/c1-4-17(11-15(2,3)10-16)14(19)9-12-6-5-7-13(8-12)18(20)21/h5-8H,4,9-11,16H2,1-3H3. The van der Waals surface area contributed by atoms with Gasteiger partial charge in [-0.15, -0.1) is 0 Å². The Morgan fingerprint density at radius 3 is 2.62 bits per heavy atom. The Balaban J connectivity index is 2.79. The molecule has 0 fully saturated rings. The van der Waals surface area contributed by atoms with Crippen LogP contribution in [-0.4, -0.2) is 35.4 Å². The second kappa shape index (κ2) is 7.17. The zero-order valence-electron chi connectivity index (χ0n) is 12.8. The van der Waals surface area contributed by atoms with Gasteiger partial charge in [0.1, 0.15) is 0 Å². The number of benzene rings is 1. The second-order valence-corrected chi connectivity index (χ2v) is 5.88. The number of non-ortho nitro benzene ring substituents is 1. The molecule has 0 aliphatic heterocycles. The van der Waals surface area contributed by atoms with Crippen molar-refractivity contribution in [2.75, 3.05) is 19.6 Å². The Labute approximate surface area is 125 Å². The first-order valence-corrected chi connectivity index (χ1v) is 7.00. The lowest BCUT2D eigenvalue weighted by Crippen LogP contribution is -2.42. The predicted octanol–water partition coefficient (Wildman–Crippen LogP) is 1.97. The number of nitro groups is 1. The van der Waals surface area contributed by atoms with Crippen LogP contribution in [0.2, 0.25) is 0 Å². The Morgan fingerprint density at radius 1 is 1.43 bits per heavy atom. The third-order valence-electron chi connectivity index (χ3n) is 3.38. The molecule has 0 atom stereocenters. The van der Waals surface area contributed by atoms with Crippen molar-refractivity contribution < 1.29 is 9.72 Å². The largest absolute Gasteiger partial charge is 0.342 e. The zero-order chi connectivity index (χ0) is 16.0. The number of nitrogens with two attached hydrogens (primary N) is 1. The normalized spacial score (nSPS) is 11.2. The maximum absolute atomic E-state index is 12.3. The van der Waals surface area contributed by atoms with Gasteiger partial charge in [0.25, 0.3) is 5.69 Å². The first-order valence-electron chi connectivity index (χ1n) is 7.00. The molecule has 0 saturated carbocycles. The fourth-order valence-electron chi connectivity index (χ4n) is 2.02. The summed E-state index contributed by atoms with van der Waals surface area (Å²) in [4.78, 5) is 24.4. The number of rotatable bonds is 7. The van der Waals surface area contributed by atoms with E-state index >= 15 is 0 Å². The summed E-state index contributed by atoms with van der Waals surface area (Å²) < 4.78 is 0. The summed E-state index contributed by atoms with van der Waals surface area (Å²) in [6, 6.07) is 6.19. The fraction of sp³-hybridized carbons (Fsp3) is 0.533. The molecule has 0 unspecified atom stereocenters. The third-order valence-corrected chi connectivity index (χ3v) is 3.38. The monoisotopic (exact) mass is 293 g/mol. The minimum absolute atomic E-state index is 0.00522. The molecular weight excluding hydrogens is 270 g/mol. The molecule has 1 rings (SSSR count). The third kappa shape index (κ3) is 5.15. The van der Waals surface area contributed by atoms with Gasteiger partial charge in [-0.2, -0.15) is 0 Å². The molecule has 6 heteroatoms. The van der Waals surface area contributed by atoms with Crippen LogP contribution in [0, 0.1) is 15.5 Å². The smallest absolute Gasteiger partial charge is 0.269 e. The van der Waals surface area contributed by atoms with Crippen molar-refractivity contribution in [3.05, 3.63) is 39.9 Å². The Morgan fingerprint density at radius 2 is 2.10 bits per heavy atom. The number of hydrogen-bond acceptors (Lipinski definition) is 4. The minimum atomic E-state index is -0.455. The Kier molecular flexibility index (Phi) is 5.84. The Hall–Kier alpha value is -1.95. The molecule has 116 valence electrons. The summed E-state index contributed by atoms with van der Waals surface area (Å²) in [6.07, 6.45) is 0.163. The number of hydrogen-bond donors (Lipinski definition) is 1. The number of amides is 1. The van der Waals surface area contributed by atoms with E-state index in [9.17, 15) is 14.9 Å². The van der Waals surface area contributed by atoms with Crippen LogP contribution >= 0.6 is 0 Å². The van der Waals surface area contributed by atoms with Crippen molar-refractivity contribution in [1.29, 1.82) is 0 Å². The molecule has 1 aromatic carbocycles. The minimum Gasteiger partial charge on any atom is -0.342 e. The lowest BCUT2D eigenvalue weighted by atomic mass is 9.93. The van der Waals surface area contributed by atoms with Gasteiger partial charge in [0.15, 0.2) is 0 Å². The first kappa shape index (κ1) is 17.1. The molecule has 0 saturated heterocycles. The van der Waals surface area contributed by atoms with E-state index in [4.69, 9.17) is 5.73 Å². The summed E-state index contributed by atoms with van der Waals surface area (Å²) in [7, 11) is 0. The van der Waals surface area contributed by atoms with Crippen LogP contribution in [0.4, 0.5) is 5.69 Å². The van der Waals surface area contributed by atoms with Crippen molar-refractivity contribution >= 4 is 11.6 Å². The van der Waals surface area contributed by atoms with Gasteiger partial charge in [-0.05, 0) is 24.4 Å². The van der Waals surface area contributed by atoms with Gasteiger partial charge in [-0.25, -0.2) is 0 Å². The molecular formula is C15H23N3O3. The molecule has 1 aromatic rings. The number of carbonyl (C=O) groups excluding carboxylic acids is 1. The van der Waals surface area contributed by atoms with Gasteiger partial charge in [0, 0.05) is 25.2 Å². The van der Waals surface area contributed by atoms with E-state index in [2.05, 4.69) is 0 Å². The highest BCUT2D eigenvalue weighted by atomic mass is 16.6. The van der Waals surface area contributed by atoms with Gasteiger partial charge in [-0.3, -0.25) is 14.9 Å². The summed E-state index contributed by atoms with van der Waals surface area (Å²) in [6.45, 7) is 7.60. The summed E-state index contributed by atoms with van der Waals surface area (Å²) in [5.41, 5.74) is 6.21. The quantitative estimate of drug-likeness (QED) is 0.614. The van der Waals surface area contributed by atoms with E-state index in [1.165, 1.54) is 12.1 Å². The van der Waals surface area contributed by atoms with Crippen LogP contribution in [0.15, 0.2) is 24.3 Å². The Bertz CT molecular complexity index is 515. The molecule has 0 radical (unpaired) electrons. The molecule has 0 aliphatic rings. The van der Waals surface area contributed by atoms with Gasteiger partial charge in [-0.1, -0.05) is 26.0 Å². The molecule has 0 aliphatic carbocycles. The molecule has 0 aromatic heterocycles. The van der Waals surface area contributed by atoms with Gasteiger partial charge in [0.2, 0.25) is 5.91 Å². The highest BCUT2D eigenvalue weighted by Gasteiger charge is 2.23. The van der Waals surface area contributed by atoms with E-state index in [0.29, 0.717) is 25.2 Å². The molecule has 2 N–H and O–H groups in total. The lowest BCUT2D eigenvalue weighted by molar-refractivity contribution is -0.384. The topological polar surface area (TPSA) is 89.5 Å². The van der Waals surface area contributed by atoms with Crippen LogP contribution in [0.1, 0.15) is 26.3 Å². The highest BCUT2D eigenvalue weighted by molar-refractivity contribution is 5.79. The number of carbonyl (C=O) groups is 1. The van der Waals surface area contributed by atoms with Crippen molar-refractivity contribution in [3.8, 4) is 0 Å². The number of nitrogens with zero attached hydrogens (tertiary/aromatic N) is 2. The van der Waals surface area contributed by atoms with Crippen molar-refractivity contribution in [2.24, 2.45) is 11.1 Å². The van der Waals surface area contributed by atoms with E-state index < -0.39 is 4.92 Å².